The second kappa shape index (κ2) is 7.79. The Hall–Kier alpha value is -2.08. The highest BCUT2D eigenvalue weighted by Gasteiger charge is 2.24. The number of methoxy groups -OCH3 is 1. The van der Waals surface area contributed by atoms with Crippen LogP contribution in [0.1, 0.15) is 31.1 Å². The summed E-state index contributed by atoms with van der Waals surface area (Å²) < 4.78 is 4.62. The molecule has 7 heteroatoms. The van der Waals surface area contributed by atoms with Crippen molar-refractivity contribution in [1.29, 1.82) is 0 Å². The summed E-state index contributed by atoms with van der Waals surface area (Å²) in [6.07, 6.45) is 0. The summed E-state index contributed by atoms with van der Waals surface area (Å²) in [5.41, 5.74) is 0.549. The van der Waals surface area contributed by atoms with Gasteiger partial charge in [0.15, 0.2) is 0 Å². The van der Waals surface area contributed by atoms with E-state index in [9.17, 15) is 14.4 Å². The maximum Gasteiger partial charge on any atom is 0.337 e. The molecule has 1 rings (SSSR count). The Labute approximate surface area is 134 Å². The number of halogens is 1. The summed E-state index contributed by atoms with van der Waals surface area (Å²) in [4.78, 5) is 35.0. The van der Waals surface area contributed by atoms with Crippen LogP contribution in [0.25, 0.3) is 0 Å². The number of carbonyl (C=O) groups is 3. The van der Waals surface area contributed by atoms with Gasteiger partial charge in [0.2, 0.25) is 11.8 Å². The smallest absolute Gasteiger partial charge is 0.337 e. The fraction of sp³-hybridized carbons (Fsp3) is 0.400. The van der Waals surface area contributed by atoms with E-state index in [1.54, 1.807) is 0 Å². The van der Waals surface area contributed by atoms with Gasteiger partial charge in [0.05, 0.1) is 23.4 Å². The predicted molar refractivity (Wildman–Crippen MR) is 83.9 cm³/mol. The molecule has 0 saturated carbocycles. The lowest BCUT2D eigenvalue weighted by Crippen LogP contribution is -2.46. The van der Waals surface area contributed by atoms with Crippen LogP contribution in [0, 0.1) is 5.92 Å². The van der Waals surface area contributed by atoms with Gasteiger partial charge in [-0.2, -0.15) is 0 Å². The van der Waals surface area contributed by atoms with Crippen molar-refractivity contribution < 1.29 is 19.1 Å². The zero-order chi connectivity index (χ0) is 16.9. The van der Waals surface area contributed by atoms with E-state index in [1.807, 2.05) is 13.8 Å². The molecule has 0 aliphatic heterocycles. The molecule has 1 aromatic rings. The second-order valence-corrected chi connectivity index (χ2v) is 5.50. The molecule has 0 bridgehead atoms. The van der Waals surface area contributed by atoms with Gasteiger partial charge in [-0.1, -0.05) is 25.4 Å². The van der Waals surface area contributed by atoms with E-state index in [0.717, 1.165) is 0 Å². The summed E-state index contributed by atoms with van der Waals surface area (Å²) >= 11 is 6.02. The summed E-state index contributed by atoms with van der Waals surface area (Å²) in [6, 6.07) is 3.72. The number of hydrogen-bond donors (Lipinski definition) is 2. The number of ether oxygens (including phenoxy) is 1. The largest absolute Gasteiger partial charge is 0.465 e. The third-order valence-electron chi connectivity index (χ3n) is 2.95. The van der Waals surface area contributed by atoms with Gasteiger partial charge in [-0.3, -0.25) is 9.59 Å². The van der Waals surface area contributed by atoms with Crippen LogP contribution in [-0.2, 0) is 14.3 Å². The molecule has 2 N–H and O–H groups in total. The molecule has 0 fully saturated rings. The van der Waals surface area contributed by atoms with Crippen molar-refractivity contribution in [3.05, 3.63) is 28.8 Å². The van der Waals surface area contributed by atoms with E-state index < -0.39 is 17.9 Å². The van der Waals surface area contributed by atoms with Crippen LogP contribution < -0.4 is 10.6 Å². The maximum atomic E-state index is 12.3. The van der Waals surface area contributed by atoms with Crippen molar-refractivity contribution >= 4 is 35.1 Å². The monoisotopic (exact) mass is 326 g/mol. The first kappa shape index (κ1) is 18.0. The summed E-state index contributed by atoms with van der Waals surface area (Å²) in [5, 5.41) is 5.49. The lowest BCUT2D eigenvalue weighted by molar-refractivity contribution is -0.126. The Morgan fingerprint density at radius 1 is 1.23 bits per heavy atom. The van der Waals surface area contributed by atoms with Crippen LogP contribution in [-0.4, -0.2) is 30.9 Å². The normalized spacial score (nSPS) is 11.7. The molecule has 0 aliphatic rings. The minimum absolute atomic E-state index is 0.105. The van der Waals surface area contributed by atoms with Gasteiger partial charge in [0.25, 0.3) is 0 Å². The highest BCUT2D eigenvalue weighted by Crippen LogP contribution is 2.24. The average molecular weight is 327 g/mol. The zero-order valence-electron chi connectivity index (χ0n) is 12.9. The number of amides is 2. The van der Waals surface area contributed by atoms with Gasteiger partial charge >= 0.3 is 5.97 Å². The quantitative estimate of drug-likeness (QED) is 0.813. The molecule has 0 aliphatic carbocycles. The Bertz CT molecular complexity index is 587. The molecule has 1 aromatic carbocycles. The van der Waals surface area contributed by atoms with Crippen LogP contribution >= 0.6 is 11.6 Å². The lowest BCUT2D eigenvalue weighted by Gasteiger charge is -2.21. The van der Waals surface area contributed by atoms with Crippen LogP contribution in [0.3, 0.4) is 0 Å². The first-order valence-electron chi connectivity index (χ1n) is 6.72. The number of carbonyl (C=O) groups excluding carboxylic acids is 3. The van der Waals surface area contributed by atoms with Crippen molar-refractivity contribution in [1.82, 2.24) is 5.32 Å². The summed E-state index contributed by atoms with van der Waals surface area (Å²) in [6.45, 7) is 4.97. The molecule has 0 heterocycles. The van der Waals surface area contributed by atoms with Crippen molar-refractivity contribution in [2.75, 3.05) is 12.4 Å². The first-order valence-corrected chi connectivity index (χ1v) is 7.10. The lowest BCUT2D eigenvalue weighted by atomic mass is 10.0. The second-order valence-electron chi connectivity index (χ2n) is 5.10. The van der Waals surface area contributed by atoms with E-state index in [-0.39, 0.29) is 28.1 Å². The van der Waals surface area contributed by atoms with Gasteiger partial charge in [-0.15, -0.1) is 0 Å². The standard InChI is InChI=1S/C15H19ClN2O4/c1-8(2)13(17-9(3)19)14(20)18-12-7-10(15(21)22-4)5-6-11(12)16/h5-8,13H,1-4H3,(H,17,19)(H,18,20)/t13-/m1/s1. The molecule has 120 valence electrons. The summed E-state index contributed by atoms with van der Waals surface area (Å²) in [5.74, 6) is -1.35. The molecule has 0 spiro atoms. The molecule has 0 aromatic heterocycles. The van der Waals surface area contributed by atoms with Crippen LogP contribution in [0.2, 0.25) is 5.02 Å². The van der Waals surface area contributed by atoms with Gasteiger partial charge in [0, 0.05) is 6.92 Å². The molecule has 2 amide bonds. The van der Waals surface area contributed by atoms with Crippen molar-refractivity contribution in [2.45, 2.75) is 26.8 Å². The topological polar surface area (TPSA) is 84.5 Å². The number of benzene rings is 1. The highest BCUT2D eigenvalue weighted by atomic mass is 35.5. The van der Waals surface area contributed by atoms with Gasteiger partial charge < -0.3 is 15.4 Å². The van der Waals surface area contributed by atoms with E-state index in [4.69, 9.17) is 11.6 Å². The van der Waals surface area contributed by atoms with Crippen LogP contribution in [0.15, 0.2) is 18.2 Å². The minimum atomic E-state index is -0.699. The Morgan fingerprint density at radius 3 is 2.36 bits per heavy atom. The number of nitrogens with one attached hydrogen (secondary N) is 2. The number of rotatable bonds is 5. The maximum absolute atomic E-state index is 12.3. The van der Waals surface area contributed by atoms with Crippen LogP contribution in [0.5, 0.6) is 0 Å². The fourth-order valence-electron chi connectivity index (χ4n) is 1.83. The van der Waals surface area contributed by atoms with E-state index in [0.29, 0.717) is 0 Å². The Balaban J connectivity index is 2.99. The van der Waals surface area contributed by atoms with E-state index in [1.165, 1.54) is 32.2 Å². The third-order valence-corrected chi connectivity index (χ3v) is 3.28. The SMILES string of the molecule is COC(=O)c1ccc(Cl)c(NC(=O)[C@H](NC(C)=O)C(C)C)c1. The highest BCUT2D eigenvalue weighted by molar-refractivity contribution is 6.34. The average Bonchev–Trinajstić information content (AvgIpc) is 2.45. The Morgan fingerprint density at radius 2 is 1.86 bits per heavy atom. The predicted octanol–water partition coefficient (Wildman–Crippen LogP) is 2.23. The Kier molecular flexibility index (Phi) is 6.37. The summed E-state index contributed by atoms with van der Waals surface area (Å²) in [7, 11) is 1.26. The van der Waals surface area contributed by atoms with Gasteiger partial charge in [-0.25, -0.2) is 4.79 Å². The van der Waals surface area contributed by atoms with Crippen molar-refractivity contribution in [2.24, 2.45) is 5.92 Å². The van der Waals surface area contributed by atoms with Gasteiger partial charge in [-0.05, 0) is 24.1 Å². The molecule has 0 radical (unpaired) electrons. The molecule has 0 unspecified atom stereocenters. The number of esters is 1. The minimum Gasteiger partial charge on any atom is -0.465 e. The number of anilines is 1. The van der Waals surface area contributed by atoms with E-state index in [2.05, 4.69) is 15.4 Å². The molecule has 6 nitrogen and oxygen atoms in total. The zero-order valence-corrected chi connectivity index (χ0v) is 13.7. The fourth-order valence-corrected chi connectivity index (χ4v) is 2.00. The van der Waals surface area contributed by atoms with E-state index >= 15 is 0 Å². The third kappa shape index (κ3) is 4.73. The molecule has 0 saturated heterocycles. The van der Waals surface area contributed by atoms with Crippen molar-refractivity contribution in [3.63, 3.8) is 0 Å². The molecule has 1 atom stereocenters. The van der Waals surface area contributed by atoms with Crippen LogP contribution in [0.4, 0.5) is 5.69 Å². The molecular formula is C15H19ClN2O4. The first-order chi connectivity index (χ1) is 10.3. The molecular weight excluding hydrogens is 308 g/mol. The van der Waals surface area contributed by atoms with Gasteiger partial charge in [0.1, 0.15) is 6.04 Å². The molecule has 22 heavy (non-hydrogen) atoms. The van der Waals surface area contributed by atoms with Crippen molar-refractivity contribution in [3.8, 4) is 0 Å². The number of hydrogen-bond acceptors (Lipinski definition) is 4.